The van der Waals surface area contributed by atoms with Crippen molar-refractivity contribution < 1.29 is 4.74 Å². The summed E-state index contributed by atoms with van der Waals surface area (Å²) in [6.45, 7) is 12.4. The van der Waals surface area contributed by atoms with E-state index in [1.165, 1.54) is 31.2 Å². The fourth-order valence-corrected chi connectivity index (χ4v) is 3.20. The van der Waals surface area contributed by atoms with Crippen molar-refractivity contribution >= 4 is 0 Å². The van der Waals surface area contributed by atoms with Crippen LogP contribution in [-0.4, -0.2) is 12.1 Å². The second-order valence-electron chi connectivity index (χ2n) is 7.68. The van der Waals surface area contributed by atoms with Crippen LogP contribution in [0.15, 0.2) is 24.3 Å². The molecule has 1 aliphatic rings. The fourth-order valence-electron chi connectivity index (χ4n) is 3.20. The molecule has 0 saturated heterocycles. The first-order chi connectivity index (χ1) is 9.86. The molecule has 0 amide bonds. The van der Waals surface area contributed by atoms with Crippen LogP contribution in [0.4, 0.5) is 0 Å². The van der Waals surface area contributed by atoms with E-state index >= 15 is 0 Å². The van der Waals surface area contributed by atoms with Gasteiger partial charge in [-0.2, -0.15) is 0 Å². The van der Waals surface area contributed by atoms with Crippen molar-refractivity contribution in [2.24, 2.45) is 5.41 Å². The van der Waals surface area contributed by atoms with E-state index in [2.05, 4.69) is 58.1 Å². The predicted octanol–water partition coefficient (Wildman–Crippen LogP) is 5.09. The van der Waals surface area contributed by atoms with Gasteiger partial charge in [0, 0.05) is 12.1 Å². The molecule has 1 unspecified atom stereocenters. The number of hydrogen-bond donors (Lipinski definition) is 1. The van der Waals surface area contributed by atoms with Crippen LogP contribution < -0.4 is 10.1 Å². The molecule has 118 valence electrons. The normalized spacial score (nSPS) is 20.1. The molecular formula is C19H31NO. The van der Waals surface area contributed by atoms with Gasteiger partial charge in [-0.25, -0.2) is 0 Å². The second-order valence-corrected chi connectivity index (χ2v) is 7.68. The average Bonchev–Trinajstić information content (AvgIpc) is 2.66. The molecule has 0 aromatic heterocycles. The van der Waals surface area contributed by atoms with Gasteiger partial charge in [-0.3, -0.25) is 0 Å². The van der Waals surface area contributed by atoms with Gasteiger partial charge in [0.05, 0.1) is 6.04 Å². The zero-order chi connectivity index (χ0) is 15.5. The summed E-state index contributed by atoms with van der Waals surface area (Å²) in [6, 6.07) is 8.69. The number of rotatable bonds is 7. The van der Waals surface area contributed by atoms with Gasteiger partial charge in [-0.1, -0.05) is 58.2 Å². The Hall–Kier alpha value is -1.02. The van der Waals surface area contributed by atoms with E-state index in [1.54, 1.807) is 0 Å². The maximum Gasteiger partial charge on any atom is 0.125 e. The molecule has 0 saturated carbocycles. The maximum atomic E-state index is 6.11. The Balaban J connectivity index is 1.99. The quantitative estimate of drug-likeness (QED) is 0.705. The molecule has 0 aliphatic carbocycles. The predicted molar refractivity (Wildman–Crippen MR) is 89.8 cm³/mol. The van der Waals surface area contributed by atoms with Crippen LogP contribution in [-0.2, 0) is 0 Å². The molecule has 2 nitrogen and oxygen atoms in total. The van der Waals surface area contributed by atoms with E-state index < -0.39 is 0 Å². The molecule has 2 heteroatoms. The second kappa shape index (κ2) is 6.39. The molecule has 1 aromatic rings. The molecule has 1 aliphatic heterocycles. The summed E-state index contributed by atoms with van der Waals surface area (Å²) in [5.41, 5.74) is 1.46. The summed E-state index contributed by atoms with van der Waals surface area (Å²) in [6.07, 6.45) is 5.24. The SMILES string of the molecule is CCCCCC(C)(C)CNC1c2ccccc2OC1(C)C. The lowest BCUT2D eigenvalue weighted by atomic mass is 9.85. The smallest absolute Gasteiger partial charge is 0.125 e. The summed E-state index contributed by atoms with van der Waals surface area (Å²) in [5, 5.41) is 3.77. The number of hydrogen-bond acceptors (Lipinski definition) is 2. The molecule has 0 radical (unpaired) electrons. The largest absolute Gasteiger partial charge is 0.486 e. The highest BCUT2D eigenvalue weighted by molar-refractivity contribution is 5.42. The maximum absolute atomic E-state index is 6.11. The van der Waals surface area contributed by atoms with Crippen molar-refractivity contribution in [3.05, 3.63) is 29.8 Å². The molecule has 0 fully saturated rings. The van der Waals surface area contributed by atoms with Crippen molar-refractivity contribution in [3.8, 4) is 5.75 Å². The Morgan fingerprint density at radius 3 is 2.62 bits per heavy atom. The summed E-state index contributed by atoms with van der Waals surface area (Å²) in [4.78, 5) is 0. The lowest BCUT2D eigenvalue weighted by Gasteiger charge is -2.32. The number of fused-ring (bicyclic) bond motifs is 1. The zero-order valence-corrected chi connectivity index (χ0v) is 14.3. The van der Waals surface area contributed by atoms with E-state index in [0.717, 1.165) is 12.3 Å². The fraction of sp³-hybridized carbons (Fsp3) is 0.684. The van der Waals surface area contributed by atoms with Gasteiger partial charge in [-0.05, 0) is 31.7 Å². The Morgan fingerprint density at radius 2 is 1.90 bits per heavy atom. The van der Waals surface area contributed by atoms with Crippen LogP contribution >= 0.6 is 0 Å². The van der Waals surface area contributed by atoms with Crippen molar-refractivity contribution in [1.82, 2.24) is 5.32 Å². The van der Waals surface area contributed by atoms with Gasteiger partial charge in [0.2, 0.25) is 0 Å². The number of nitrogens with one attached hydrogen (secondary N) is 1. The van der Waals surface area contributed by atoms with Crippen LogP contribution in [0.1, 0.15) is 71.9 Å². The van der Waals surface area contributed by atoms with Crippen LogP contribution in [0.25, 0.3) is 0 Å². The van der Waals surface area contributed by atoms with Gasteiger partial charge in [0.25, 0.3) is 0 Å². The molecule has 1 aromatic carbocycles. The molecule has 0 bridgehead atoms. The van der Waals surface area contributed by atoms with E-state index in [4.69, 9.17) is 4.74 Å². The Morgan fingerprint density at radius 1 is 1.19 bits per heavy atom. The van der Waals surface area contributed by atoms with E-state index in [-0.39, 0.29) is 11.6 Å². The minimum atomic E-state index is -0.177. The summed E-state index contributed by atoms with van der Waals surface area (Å²) < 4.78 is 6.11. The van der Waals surface area contributed by atoms with Crippen LogP contribution in [0.2, 0.25) is 0 Å². The standard InChI is InChI=1S/C19H31NO/c1-6-7-10-13-18(2,3)14-20-17-15-11-8-9-12-16(15)21-19(17,4)5/h8-9,11-12,17,20H,6-7,10,13-14H2,1-5H3. The van der Waals surface area contributed by atoms with Gasteiger partial charge < -0.3 is 10.1 Å². The van der Waals surface area contributed by atoms with E-state index in [1.807, 2.05) is 6.07 Å². The Labute approximate surface area is 130 Å². The van der Waals surface area contributed by atoms with Crippen molar-refractivity contribution in [2.45, 2.75) is 71.9 Å². The highest BCUT2D eigenvalue weighted by atomic mass is 16.5. The van der Waals surface area contributed by atoms with Crippen LogP contribution in [0.5, 0.6) is 5.75 Å². The monoisotopic (exact) mass is 289 g/mol. The molecule has 1 heterocycles. The van der Waals surface area contributed by atoms with E-state index in [0.29, 0.717) is 5.41 Å². The molecular weight excluding hydrogens is 258 g/mol. The first kappa shape index (κ1) is 16.4. The molecule has 21 heavy (non-hydrogen) atoms. The van der Waals surface area contributed by atoms with Gasteiger partial charge in [-0.15, -0.1) is 0 Å². The average molecular weight is 289 g/mol. The summed E-state index contributed by atoms with van der Waals surface area (Å²) in [7, 11) is 0. The van der Waals surface area contributed by atoms with Crippen molar-refractivity contribution in [3.63, 3.8) is 0 Å². The van der Waals surface area contributed by atoms with Crippen LogP contribution in [0.3, 0.4) is 0 Å². The van der Waals surface area contributed by atoms with Gasteiger partial charge in [0.15, 0.2) is 0 Å². The third-order valence-electron chi connectivity index (χ3n) is 4.54. The number of para-hydroxylation sites is 1. The topological polar surface area (TPSA) is 21.3 Å². The lowest BCUT2D eigenvalue weighted by molar-refractivity contribution is 0.0905. The summed E-state index contributed by atoms with van der Waals surface area (Å²) >= 11 is 0. The van der Waals surface area contributed by atoms with Crippen molar-refractivity contribution in [1.29, 1.82) is 0 Å². The molecule has 1 N–H and O–H groups in total. The van der Waals surface area contributed by atoms with Crippen LogP contribution in [0, 0.1) is 5.41 Å². The first-order valence-electron chi connectivity index (χ1n) is 8.37. The zero-order valence-electron chi connectivity index (χ0n) is 14.3. The minimum Gasteiger partial charge on any atom is -0.486 e. The molecule has 1 atom stereocenters. The number of unbranched alkanes of at least 4 members (excludes halogenated alkanes) is 2. The highest BCUT2D eigenvalue weighted by Crippen LogP contribution is 2.43. The Bertz CT molecular complexity index is 464. The van der Waals surface area contributed by atoms with Crippen molar-refractivity contribution in [2.75, 3.05) is 6.54 Å². The van der Waals surface area contributed by atoms with Gasteiger partial charge in [0.1, 0.15) is 11.4 Å². The minimum absolute atomic E-state index is 0.177. The third kappa shape index (κ3) is 4.00. The molecule has 0 spiro atoms. The number of benzene rings is 1. The first-order valence-corrected chi connectivity index (χ1v) is 8.37. The van der Waals surface area contributed by atoms with E-state index in [9.17, 15) is 0 Å². The number of ether oxygens (including phenoxy) is 1. The third-order valence-corrected chi connectivity index (χ3v) is 4.54. The lowest BCUT2D eigenvalue weighted by Crippen LogP contribution is -2.42. The Kier molecular flexibility index (Phi) is 4.98. The van der Waals surface area contributed by atoms with Gasteiger partial charge >= 0.3 is 0 Å². The molecule has 2 rings (SSSR count). The summed E-state index contributed by atoms with van der Waals surface area (Å²) in [5.74, 6) is 1.03. The highest BCUT2D eigenvalue weighted by Gasteiger charge is 2.41.